The summed E-state index contributed by atoms with van der Waals surface area (Å²) in [6.07, 6.45) is 1.87. The molecule has 0 radical (unpaired) electrons. The molecule has 4 heteroatoms. The first kappa shape index (κ1) is 13.9. The van der Waals surface area contributed by atoms with Crippen molar-refractivity contribution in [2.24, 2.45) is 0 Å². The number of hydrogen-bond donors (Lipinski definition) is 3. The number of nitrogens with one attached hydrogen (secondary N) is 2. The van der Waals surface area contributed by atoms with Gasteiger partial charge in [-0.05, 0) is 36.6 Å². The normalized spacial score (nSPS) is 10.0. The standard InChI is InChI=1S/C16H19N3O/c17-14-9-4-10-15(12-14)19-16(20)18-11-5-8-13-6-2-1-3-7-13/h1-4,6-7,9-10,12H,5,8,11,17H2,(H2,18,19,20). The molecule has 0 spiro atoms. The van der Waals surface area contributed by atoms with Crippen LogP contribution in [0.2, 0.25) is 0 Å². The van der Waals surface area contributed by atoms with Crippen LogP contribution >= 0.6 is 0 Å². The van der Waals surface area contributed by atoms with Crippen LogP contribution in [0.4, 0.5) is 16.2 Å². The van der Waals surface area contributed by atoms with Crippen molar-refractivity contribution in [2.45, 2.75) is 12.8 Å². The second kappa shape index (κ2) is 7.19. The van der Waals surface area contributed by atoms with Gasteiger partial charge in [0, 0.05) is 17.9 Å². The van der Waals surface area contributed by atoms with Crippen molar-refractivity contribution in [1.29, 1.82) is 0 Å². The van der Waals surface area contributed by atoms with Crippen molar-refractivity contribution in [3.63, 3.8) is 0 Å². The number of nitrogens with two attached hydrogens (primary N) is 1. The van der Waals surface area contributed by atoms with Gasteiger partial charge in [-0.15, -0.1) is 0 Å². The first-order valence-corrected chi connectivity index (χ1v) is 6.68. The summed E-state index contributed by atoms with van der Waals surface area (Å²) in [6.45, 7) is 0.642. The lowest BCUT2D eigenvalue weighted by Crippen LogP contribution is -2.29. The van der Waals surface area contributed by atoms with Crippen molar-refractivity contribution in [3.05, 3.63) is 60.2 Å². The lowest BCUT2D eigenvalue weighted by Gasteiger charge is -2.08. The Hall–Kier alpha value is -2.49. The van der Waals surface area contributed by atoms with Crippen LogP contribution in [0, 0.1) is 0 Å². The fraction of sp³-hybridized carbons (Fsp3) is 0.188. The Morgan fingerprint density at radius 2 is 1.85 bits per heavy atom. The third-order valence-electron chi connectivity index (χ3n) is 2.92. The third kappa shape index (κ3) is 4.65. The highest BCUT2D eigenvalue weighted by atomic mass is 16.2. The van der Waals surface area contributed by atoms with Gasteiger partial charge in [-0.25, -0.2) is 4.79 Å². The van der Waals surface area contributed by atoms with Crippen LogP contribution in [0.1, 0.15) is 12.0 Å². The van der Waals surface area contributed by atoms with E-state index < -0.39 is 0 Å². The summed E-state index contributed by atoms with van der Waals surface area (Å²) in [7, 11) is 0. The molecule has 0 aliphatic heterocycles. The van der Waals surface area contributed by atoms with Crippen molar-refractivity contribution in [3.8, 4) is 0 Å². The van der Waals surface area contributed by atoms with E-state index in [0.717, 1.165) is 12.8 Å². The van der Waals surface area contributed by atoms with Gasteiger partial charge in [-0.2, -0.15) is 0 Å². The quantitative estimate of drug-likeness (QED) is 0.577. The predicted molar refractivity (Wildman–Crippen MR) is 82.6 cm³/mol. The molecule has 2 amide bonds. The number of nitrogen functional groups attached to an aromatic ring is 1. The van der Waals surface area contributed by atoms with Crippen LogP contribution < -0.4 is 16.4 Å². The fourth-order valence-corrected chi connectivity index (χ4v) is 1.93. The first-order valence-electron chi connectivity index (χ1n) is 6.68. The van der Waals surface area contributed by atoms with E-state index in [4.69, 9.17) is 5.73 Å². The molecule has 0 unspecified atom stereocenters. The number of carbonyl (C=O) groups is 1. The second-order valence-corrected chi connectivity index (χ2v) is 4.60. The van der Waals surface area contributed by atoms with Gasteiger partial charge in [0.2, 0.25) is 0 Å². The SMILES string of the molecule is Nc1cccc(NC(=O)NCCCc2ccccc2)c1. The Morgan fingerprint density at radius 3 is 2.60 bits per heavy atom. The Morgan fingerprint density at radius 1 is 1.05 bits per heavy atom. The van der Waals surface area contributed by atoms with Gasteiger partial charge in [0.15, 0.2) is 0 Å². The summed E-state index contributed by atoms with van der Waals surface area (Å²) in [5, 5.41) is 5.58. The summed E-state index contributed by atoms with van der Waals surface area (Å²) in [6, 6.07) is 17.1. The van der Waals surface area contributed by atoms with Crippen molar-refractivity contribution in [2.75, 3.05) is 17.6 Å². The lowest BCUT2D eigenvalue weighted by atomic mass is 10.1. The minimum absolute atomic E-state index is 0.205. The lowest BCUT2D eigenvalue weighted by molar-refractivity contribution is 0.252. The zero-order valence-corrected chi connectivity index (χ0v) is 11.3. The molecule has 0 fully saturated rings. The summed E-state index contributed by atoms with van der Waals surface area (Å²) in [4.78, 5) is 11.7. The molecule has 104 valence electrons. The van der Waals surface area contributed by atoms with Gasteiger partial charge in [0.1, 0.15) is 0 Å². The number of rotatable bonds is 5. The molecule has 4 N–H and O–H groups in total. The summed E-state index contributed by atoms with van der Waals surface area (Å²) in [5.74, 6) is 0. The molecular formula is C16H19N3O. The van der Waals surface area contributed by atoms with E-state index in [9.17, 15) is 4.79 Å². The van der Waals surface area contributed by atoms with Crippen molar-refractivity contribution in [1.82, 2.24) is 5.32 Å². The molecule has 0 aromatic heterocycles. The van der Waals surface area contributed by atoms with E-state index in [1.165, 1.54) is 5.56 Å². The maximum absolute atomic E-state index is 11.7. The molecule has 0 atom stereocenters. The predicted octanol–water partition coefficient (Wildman–Crippen LogP) is 3.02. The summed E-state index contributed by atoms with van der Waals surface area (Å²) >= 11 is 0. The highest BCUT2D eigenvalue weighted by Crippen LogP contribution is 2.11. The summed E-state index contributed by atoms with van der Waals surface area (Å²) < 4.78 is 0. The third-order valence-corrected chi connectivity index (χ3v) is 2.92. The van der Waals surface area contributed by atoms with Crippen LogP contribution in [0.15, 0.2) is 54.6 Å². The average Bonchev–Trinajstić information content (AvgIpc) is 2.45. The van der Waals surface area contributed by atoms with Gasteiger partial charge >= 0.3 is 6.03 Å². The van der Waals surface area contributed by atoms with Crippen LogP contribution in [0.25, 0.3) is 0 Å². The van der Waals surface area contributed by atoms with Gasteiger partial charge in [0.05, 0.1) is 0 Å². The van der Waals surface area contributed by atoms with Crippen molar-refractivity contribution >= 4 is 17.4 Å². The number of aryl methyl sites for hydroxylation is 1. The monoisotopic (exact) mass is 269 g/mol. The molecule has 0 heterocycles. The molecule has 0 bridgehead atoms. The number of amides is 2. The molecule has 0 aliphatic rings. The molecule has 0 saturated carbocycles. The Labute approximate surface area is 119 Å². The highest BCUT2D eigenvalue weighted by Gasteiger charge is 2.01. The average molecular weight is 269 g/mol. The van der Waals surface area contributed by atoms with Crippen LogP contribution in [-0.4, -0.2) is 12.6 Å². The van der Waals surface area contributed by atoms with Crippen LogP contribution in [-0.2, 0) is 6.42 Å². The molecule has 2 aromatic carbocycles. The van der Waals surface area contributed by atoms with Gasteiger partial charge in [-0.1, -0.05) is 36.4 Å². The molecular weight excluding hydrogens is 250 g/mol. The molecule has 0 aliphatic carbocycles. The van der Waals surface area contributed by atoms with Crippen molar-refractivity contribution < 1.29 is 4.79 Å². The molecule has 2 rings (SSSR count). The van der Waals surface area contributed by atoms with Crippen LogP contribution in [0.5, 0.6) is 0 Å². The van der Waals surface area contributed by atoms with E-state index >= 15 is 0 Å². The number of benzene rings is 2. The van der Waals surface area contributed by atoms with E-state index in [1.54, 1.807) is 24.3 Å². The van der Waals surface area contributed by atoms with Gasteiger partial charge < -0.3 is 16.4 Å². The van der Waals surface area contributed by atoms with Crippen LogP contribution in [0.3, 0.4) is 0 Å². The Balaban J connectivity index is 1.68. The fourth-order valence-electron chi connectivity index (χ4n) is 1.93. The number of urea groups is 1. The minimum atomic E-state index is -0.205. The van der Waals surface area contributed by atoms with Gasteiger partial charge in [-0.3, -0.25) is 0 Å². The number of anilines is 2. The maximum Gasteiger partial charge on any atom is 0.319 e. The molecule has 4 nitrogen and oxygen atoms in total. The second-order valence-electron chi connectivity index (χ2n) is 4.60. The molecule has 2 aromatic rings. The maximum atomic E-state index is 11.7. The zero-order chi connectivity index (χ0) is 14.2. The largest absolute Gasteiger partial charge is 0.399 e. The van der Waals surface area contributed by atoms with E-state index in [2.05, 4.69) is 22.8 Å². The molecule has 20 heavy (non-hydrogen) atoms. The topological polar surface area (TPSA) is 67.1 Å². The highest BCUT2D eigenvalue weighted by molar-refractivity contribution is 5.89. The number of hydrogen-bond acceptors (Lipinski definition) is 2. The first-order chi connectivity index (χ1) is 9.74. The zero-order valence-electron chi connectivity index (χ0n) is 11.3. The Kier molecular flexibility index (Phi) is 5.00. The van der Waals surface area contributed by atoms with E-state index in [1.807, 2.05) is 18.2 Å². The van der Waals surface area contributed by atoms with Gasteiger partial charge in [0.25, 0.3) is 0 Å². The molecule has 0 saturated heterocycles. The minimum Gasteiger partial charge on any atom is -0.399 e. The smallest absolute Gasteiger partial charge is 0.319 e. The van der Waals surface area contributed by atoms with E-state index in [-0.39, 0.29) is 6.03 Å². The van der Waals surface area contributed by atoms with E-state index in [0.29, 0.717) is 17.9 Å². The number of carbonyl (C=O) groups excluding carboxylic acids is 1. The Bertz CT molecular complexity index is 555. The summed E-state index contributed by atoms with van der Waals surface area (Å²) in [5.41, 5.74) is 8.26.